The van der Waals surface area contributed by atoms with E-state index in [1.807, 2.05) is 33.7 Å². The van der Waals surface area contributed by atoms with Crippen LogP contribution in [-0.4, -0.2) is 114 Å². The van der Waals surface area contributed by atoms with Gasteiger partial charge in [-0.3, -0.25) is 14.5 Å². The summed E-state index contributed by atoms with van der Waals surface area (Å²) in [6.45, 7) is 1.95. The van der Waals surface area contributed by atoms with Crippen molar-refractivity contribution in [3.8, 4) is 5.75 Å². The number of carbonyl (C=O) groups is 2. The fourth-order valence-corrected chi connectivity index (χ4v) is 9.57. The summed E-state index contributed by atoms with van der Waals surface area (Å²) < 4.78 is 69.1. The molecule has 3 heterocycles. The van der Waals surface area contributed by atoms with E-state index in [4.69, 9.17) is 21.1 Å². The Morgan fingerprint density at radius 2 is 1.95 bits per heavy atom. The number of amides is 2. The standard InChI is InChI=1S/C39H50ClF2N5O7S/c1-43-55(51,52)44-36(49)39(50)20-35(48)45(2)15-4-3-7-33(53-17-16-46-23-38(41,42)24-46)30-11-8-27(30)21-47-22-37(25-54-34-13-9-28(39)19-32(34)47)14-5-6-26-18-29(40)10-12-31(26)37/h3,7,9-10,12-13,18-19,27,30,33,43,50H,4-6,8,11,14-17,20-25H2,1-2H3,(H,44,49)/b7-3-/t27-,30+,33-,37-,39+/m0/s1. The third kappa shape index (κ3) is 8.38. The number of hydrogen-bond acceptors (Lipinski definition) is 9. The molecule has 2 fully saturated rings. The highest BCUT2D eigenvalue weighted by atomic mass is 35.5. The lowest BCUT2D eigenvalue weighted by Gasteiger charge is -2.46. The predicted octanol–water partition coefficient (Wildman–Crippen LogP) is 3.75. The second-order valence-electron chi connectivity index (χ2n) is 15.9. The second-order valence-corrected chi connectivity index (χ2v) is 18.0. The van der Waals surface area contributed by atoms with E-state index >= 15 is 0 Å². The van der Waals surface area contributed by atoms with Gasteiger partial charge in [0.1, 0.15) is 5.75 Å². The molecule has 2 bridgehead atoms. The number of likely N-dealkylation sites (tertiary alicyclic amines) is 1. The average Bonchev–Trinajstić information content (AvgIpc) is 3.26. The molecular weight excluding hydrogens is 756 g/mol. The van der Waals surface area contributed by atoms with Gasteiger partial charge in [-0.25, -0.2) is 18.2 Å². The molecule has 2 amide bonds. The quantitative estimate of drug-likeness (QED) is 0.357. The number of hydrogen-bond donors (Lipinski definition) is 3. The number of aliphatic hydroxyl groups is 1. The highest BCUT2D eigenvalue weighted by Crippen LogP contribution is 2.48. The molecular formula is C39H50ClF2N5O7S. The van der Waals surface area contributed by atoms with Gasteiger partial charge < -0.3 is 24.4 Å². The van der Waals surface area contributed by atoms with E-state index in [1.165, 1.54) is 16.5 Å². The number of alkyl halides is 2. The van der Waals surface area contributed by atoms with Crippen LogP contribution in [-0.2, 0) is 42.0 Å². The molecule has 1 saturated heterocycles. The lowest BCUT2D eigenvalue weighted by molar-refractivity contribution is -0.148. The molecule has 300 valence electrons. The maximum absolute atomic E-state index is 13.8. The first kappa shape index (κ1) is 39.9. The summed E-state index contributed by atoms with van der Waals surface area (Å²) >= 11 is 6.46. The molecule has 3 N–H and O–H groups in total. The molecule has 12 nitrogen and oxygen atoms in total. The van der Waals surface area contributed by atoms with Crippen LogP contribution in [0.4, 0.5) is 14.5 Å². The molecule has 5 atom stereocenters. The van der Waals surface area contributed by atoms with Gasteiger partial charge in [-0.2, -0.15) is 8.42 Å². The number of aryl methyl sites for hydroxylation is 1. The maximum Gasteiger partial charge on any atom is 0.301 e. The Morgan fingerprint density at radius 3 is 2.67 bits per heavy atom. The number of fused-ring (bicyclic) bond motifs is 4. The van der Waals surface area contributed by atoms with Crippen LogP contribution in [0.5, 0.6) is 5.75 Å². The highest BCUT2D eigenvalue weighted by Gasteiger charge is 2.47. The predicted molar refractivity (Wildman–Crippen MR) is 204 cm³/mol. The Labute approximate surface area is 326 Å². The molecule has 1 spiro atoms. The number of benzene rings is 2. The monoisotopic (exact) mass is 805 g/mol. The molecule has 3 aliphatic heterocycles. The van der Waals surface area contributed by atoms with Gasteiger partial charge in [-0.15, -0.1) is 0 Å². The number of nitrogens with zero attached hydrogens (tertiary/aromatic N) is 3. The highest BCUT2D eigenvalue weighted by molar-refractivity contribution is 7.88. The smallest absolute Gasteiger partial charge is 0.301 e. The van der Waals surface area contributed by atoms with Crippen LogP contribution in [0.3, 0.4) is 0 Å². The Hall–Kier alpha value is -3.34. The van der Waals surface area contributed by atoms with Crippen LogP contribution in [0.15, 0.2) is 48.6 Å². The van der Waals surface area contributed by atoms with Crippen LogP contribution >= 0.6 is 11.6 Å². The average molecular weight is 806 g/mol. The lowest BCUT2D eigenvalue weighted by atomic mass is 9.68. The largest absolute Gasteiger partial charge is 0.490 e. The Balaban J connectivity index is 1.27. The van der Waals surface area contributed by atoms with Crippen molar-refractivity contribution in [3.63, 3.8) is 0 Å². The minimum absolute atomic E-state index is 0.0483. The van der Waals surface area contributed by atoms with Crippen molar-refractivity contribution in [2.45, 2.75) is 68.0 Å². The van der Waals surface area contributed by atoms with E-state index in [2.05, 4.69) is 11.0 Å². The van der Waals surface area contributed by atoms with Crippen molar-refractivity contribution in [1.82, 2.24) is 19.2 Å². The van der Waals surface area contributed by atoms with Crippen LogP contribution in [0.25, 0.3) is 0 Å². The van der Waals surface area contributed by atoms with Gasteiger partial charge in [0, 0.05) is 50.7 Å². The molecule has 7 rings (SSSR count). The van der Waals surface area contributed by atoms with E-state index in [0.29, 0.717) is 55.7 Å². The normalized spacial score (nSPS) is 30.2. The number of anilines is 1. The molecule has 0 unspecified atom stereocenters. The van der Waals surface area contributed by atoms with E-state index in [-0.39, 0.29) is 43.1 Å². The zero-order valence-corrected chi connectivity index (χ0v) is 32.8. The van der Waals surface area contributed by atoms with E-state index < -0.39 is 45.4 Å². The van der Waals surface area contributed by atoms with Crippen molar-refractivity contribution < 1.29 is 41.4 Å². The molecule has 2 aromatic carbocycles. The Morgan fingerprint density at radius 1 is 1.15 bits per heavy atom. The molecule has 2 aliphatic carbocycles. The molecule has 55 heavy (non-hydrogen) atoms. The van der Waals surface area contributed by atoms with Crippen molar-refractivity contribution in [1.29, 1.82) is 0 Å². The van der Waals surface area contributed by atoms with Crippen molar-refractivity contribution >= 4 is 39.3 Å². The van der Waals surface area contributed by atoms with E-state index in [9.17, 15) is 31.9 Å². The topological polar surface area (TPSA) is 141 Å². The van der Waals surface area contributed by atoms with Gasteiger partial charge in [0.15, 0.2) is 5.60 Å². The van der Waals surface area contributed by atoms with Crippen molar-refractivity contribution in [2.75, 3.05) is 71.5 Å². The van der Waals surface area contributed by atoms with Crippen LogP contribution in [0.2, 0.25) is 5.02 Å². The third-order valence-corrected chi connectivity index (χ3v) is 13.4. The minimum atomic E-state index is -4.33. The molecule has 0 radical (unpaired) electrons. The van der Waals surface area contributed by atoms with Crippen LogP contribution in [0.1, 0.15) is 55.2 Å². The summed E-state index contributed by atoms with van der Waals surface area (Å²) in [5.41, 5.74) is 0.0218. The third-order valence-electron chi connectivity index (χ3n) is 12.2. The summed E-state index contributed by atoms with van der Waals surface area (Å²) in [6, 6.07) is 10.8. The Bertz CT molecular complexity index is 1930. The summed E-state index contributed by atoms with van der Waals surface area (Å²) in [5, 5.41) is 12.9. The first-order chi connectivity index (χ1) is 26.1. The fraction of sp³-hybridized carbons (Fsp3) is 0.590. The van der Waals surface area contributed by atoms with Crippen molar-refractivity contribution in [2.24, 2.45) is 11.8 Å². The van der Waals surface area contributed by atoms with E-state index in [0.717, 1.165) is 44.7 Å². The molecule has 2 aromatic rings. The van der Waals surface area contributed by atoms with Crippen LogP contribution in [0, 0.1) is 11.8 Å². The molecule has 5 aliphatic rings. The first-order valence-corrected chi connectivity index (χ1v) is 20.9. The van der Waals surface area contributed by atoms with Crippen LogP contribution < -0.4 is 19.1 Å². The SMILES string of the molecule is CNS(=O)(=O)NC(=O)[C@@]1(O)CC(=O)N(C)CC/C=C\[C@H](OCCN2CC(F)(F)C2)[C@@H]2CC[C@H]2CN2C[C@@]3(CCCc4cc(Cl)ccc43)COc3ccc1cc32. The zero-order chi connectivity index (χ0) is 39.2. The second kappa shape index (κ2) is 15.5. The summed E-state index contributed by atoms with van der Waals surface area (Å²) in [4.78, 5) is 32.8. The lowest BCUT2D eigenvalue weighted by Crippen LogP contribution is -2.57. The number of halogens is 3. The summed E-state index contributed by atoms with van der Waals surface area (Å²) in [6.07, 6.45) is 7.93. The van der Waals surface area contributed by atoms with Gasteiger partial charge in [0.25, 0.3) is 11.8 Å². The first-order valence-electron chi connectivity index (χ1n) is 19.0. The summed E-state index contributed by atoms with van der Waals surface area (Å²) in [5.74, 6) is -3.65. The van der Waals surface area contributed by atoms with Gasteiger partial charge >= 0.3 is 10.2 Å². The fourth-order valence-electron chi connectivity index (χ4n) is 8.86. The Kier molecular flexibility index (Phi) is 11.3. The van der Waals surface area contributed by atoms with Gasteiger partial charge in [0.2, 0.25) is 5.91 Å². The van der Waals surface area contributed by atoms with Crippen molar-refractivity contribution in [3.05, 3.63) is 70.3 Å². The number of rotatable bonds is 7. The number of ether oxygens (including phenoxy) is 2. The molecule has 1 saturated carbocycles. The van der Waals surface area contributed by atoms with E-state index in [1.54, 1.807) is 24.1 Å². The van der Waals surface area contributed by atoms with Gasteiger partial charge in [-0.1, -0.05) is 35.9 Å². The van der Waals surface area contributed by atoms with Gasteiger partial charge in [0.05, 0.1) is 44.5 Å². The number of nitrogens with one attached hydrogen (secondary N) is 2. The molecule has 16 heteroatoms. The van der Waals surface area contributed by atoms with Gasteiger partial charge in [-0.05, 0) is 91.3 Å². The minimum Gasteiger partial charge on any atom is -0.490 e. The summed E-state index contributed by atoms with van der Waals surface area (Å²) in [7, 11) is -1.64. The molecule has 0 aromatic heterocycles. The maximum atomic E-state index is 13.8. The number of carbonyl (C=O) groups excluding carboxylic acids is 2. The zero-order valence-electron chi connectivity index (χ0n) is 31.2.